The van der Waals surface area contributed by atoms with Crippen molar-refractivity contribution in [3.05, 3.63) is 0 Å². The third-order valence-corrected chi connectivity index (χ3v) is 1.83. The zero-order valence-electron chi connectivity index (χ0n) is 8.73. The molecule has 0 aliphatic carbocycles. The average molecular weight is 232 g/mol. The normalized spacial score (nSPS) is 11.5. The van der Waals surface area contributed by atoms with Gasteiger partial charge in [-0.25, -0.2) is 14.4 Å². The maximum Gasteiger partial charge on any atom is 0.326 e. The summed E-state index contributed by atoms with van der Waals surface area (Å²) in [6.45, 7) is 0.373. The number of nitrogens with two attached hydrogens (primary N) is 2. The minimum Gasteiger partial charge on any atom is -0.480 e. The highest BCUT2D eigenvalue weighted by molar-refractivity contribution is 5.81. The Hall–Kier alpha value is -1.99. The van der Waals surface area contributed by atoms with Crippen LogP contribution in [0.25, 0.3) is 0 Å². The molecular formula is C8H16N4O4. The Morgan fingerprint density at radius 3 is 2.19 bits per heavy atom. The fraction of sp³-hybridized carbons (Fsp3) is 0.625. The zero-order valence-corrected chi connectivity index (χ0v) is 8.73. The van der Waals surface area contributed by atoms with Crippen LogP contribution in [0.4, 0.5) is 9.59 Å². The molecule has 7 N–H and O–H groups in total. The number of amides is 4. The molecule has 8 nitrogen and oxygen atoms in total. The summed E-state index contributed by atoms with van der Waals surface area (Å²) in [5.41, 5.74) is 9.65. The Labute approximate surface area is 92.4 Å². The molecule has 0 unspecified atom stereocenters. The van der Waals surface area contributed by atoms with Crippen molar-refractivity contribution >= 4 is 18.0 Å². The summed E-state index contributed by atoms with van der Waals surface area (Å²) >= 11 is 0. The molecular weight excluding hydrogens is 216 g/mol. The highest BCUT2D eigenvalue weighted by atomic mass is 16.4. The number of carboxylic acid groups (broad SMARTS) is 1. The van der Waals surface area contributed by atoms with E-state index in [0.717, 1.165) is 0 Å². The lowest BCUT2D eigenvalue weighted by Crippen LogP contribution is -2.43. The molecule has 0 fully saturated rings. The van der Waals surface area contributed by atoms with Gasteiger partial charge in [0, 0.05) is 6.54 Å². The highest BCUT2D eigenvalue weighted by Crippen LogP contribution is 2.00. The number of carboxylic acids is 1. The van der Waals surface area contributed by atoms with Gasteiger partial charge >= 0.3 is 18.0 Å². The fourth-order valence-corrected chi connectivity index (χ4v) is 1.11. The minimum absolute atomic E-state index is 0.249. The van der Waals surface area contributed by atoms with Crippen molar-refractivity contribution in [2.24, 2.45) is 11.5 Å². The molecule has 92 valence electrons. The molecule has 0 aromatic carbocycles. The van der Waals surface area contributed by atoms with Crippen LogP contribution >= 0.6 is 0 Å². The topological polar surface area (TPSA) is 148 Å². The van der Waals surface area contributed by atoms with Gasteiger partial charge in [-0.1, -0.05) is 0 Å². The zero-order chi connectivity index (χ0) is 12.6. The van der Waals surface area contributed by atoms with E-state index in [1.807, 2.05) is 0 Å². The van der Waals surface area contributed by atoms with Gasteiger partial charge in [-0.05, 0) is 19.3 Å². The van der Waals surface area contributed by atoms with E-state index in [1.165, 1.54) is 0 Å². The molecule has 0 aliphatic rings. The molecule has 16 heavy (non-hydrogen) atoms. The van der Waals surface area contributed by atoms with Crippen LogP contribution in [0.3, 0.4) is 0 Å². The quantitative estimate of drug-likeness (QED) is 0.356. The Balaban J connectivity index is 3.72. The van der Waals surface area contributed by atoms with Crippen molar-refractivity contribution in [1.29, 1.82) is 0 Å². The second-order valence-electron chi connectivity index (χ2n) is 3.19. The molecule has 4 amide bonds. The van der Waals surface area contributed by atoms with Crippen LogP contribution in [0.5, 0.6) is 0 Å². The molecule has 0 radical (unpaired) electrons. The summed E-state index contributed by atoms with van der Waals surface area (Å²) in [5, 5.41) is 13.2. The number of primary amides is 2. The van der Waals surface area contributed by atoms with E-state index < -0.39 is 24.1 Å². The molecule has 0 rings (SSSR count). The lowest BCUT2D eigenvalue weighted by molar-refractivity contribution is -0.139. The molecule has 1 atom stereocenters. The SMILES string of the molecule is NC(=O)NCCCC[C@@H](NC(N)=O)C(=O)O. The van der Waals surface area contributed by atoms with Gasteiger partial charge in [0.1, 0.15) is 6.04 Å². The Morgan fingerprint density at radius 2 is 1.75 bits per heavy atom. The third-order valence-electron chi connectivity index (χ3n) is 1.83. The van der Waals surface area contributed by atoms with Crippen LogP contribution in [0.2, 0.25) is 0 Å². The number of hydrogen-bond acceptors (Lipinski definition) is 3. The van der Waals surface area contributed by atoms with Crippen molar-refractivity contribution in [1.82, 2.24) is 10.6 Å². The number of aliphatic carboxylic acids is 1. The monoisotopic (exact) mass is 232 g/mol. The van der Waals surface area contributed by atoms with E-state index in [2.05, 4.69) is 10.6 Å². The summed E-state index contributed by atoms with van der Waals surface area (Å²) in [4.78, 5) is 31.4. The summed E-state index contributed by atoms with van der Waals surface area (Å²) in [7, 11) is 0. The van der Waals surface area contributed by atoms with Crippen molar-refractivity contribution < 1.29 is 19.5 Å². The van der Waals surface area contributed by atoms with E-state index in [9.17, 15) is 14.4 Å². The maximum atomic E-state index is 10.6. The van der Waals surface area contributed by atoms with Gasteiger partial charge in [-0.3, -0.25) is 0 Å². The summed E-state index contributed by atoms with van der Waals surface area (Å²) in [6.07, 6.45) is 1.35. The van der Waals surface area contributed by atoms with Crippen LogP contribution in [-0.4, -0.2) is 35.7 Å². The number of unbranched alkanes of at least 4 members (excludes halogenated alkanes) is 1. The van der Waals surface area contributed by atoms with Crippen molar-refractivity contribution in [3.8, 4) is 0 Å². The minimum atomic E-state index is -1.14. The first kappa shape index (κ1) is 14.0. The number of carbonyl (C=O) groups is 3. The van der Waals surface area contributed by atoms with Crippen LogP contribution in [0.1, 0.15) is 19.3 Å². The van der Waals surface area contributed by atoms with Crippen LogP contribution in [0.15, 0.2) is 0 Å². The fourth-order valence-electron chi connectivity index (χ4n) is 1.11. The molecule has 0 heterocycles. The number of nitrogens with one attached hydrogen (secondary N) is 2. The molecule has 0 aliphatic heterocycles. The first-order chi connectivity index (χ1) is 7.43. The smallest absolute Gasteiger partial charge is 0.326 e. The Bertz CT molecular complexity index is 269. The molecule has 0 spiro atoms. The maximum absolute atomic E-state index is 10.6. The standard InChI is InChI=1S/C8H16N4O4/c9-7(15)11-4-2-1-3-5(6(13)14)12-8(10)16/h5H,1-4H2,(H,13,14)(H3,9,11,15)(H3,10,12,16)/t5-/m1/s1. The average Bonchev–Trinajstić information content (AvgIpc) is 2.14. The van der Waals surface area contributed by atoms with E-state index >= 15 is 0 Å². The molecule has 8 heteroatoms. The highest BCUT2D eigenvalue weighted by Gasteiger charge is 2.17. The summed E-state index contributed by atoms with van der Waals surface area (Å²) < 4.78 is 0. The van der Waals surface area contributed by atoms with Crippen molar-refractivity contribution in [2.75, 3.05) is 6.54 Å². The largest absolute Gasteiger partial charge is 0.480 e. The first-order valence-corrected chi connectivity index (χ1v) is 4.75. The molecule has 0 saturated heterocycles. The van der Waals surface area contributed by atoms with E-state index in [-0.39, 0.29) is 6.42 Å². The van der Waals surface area contributed by atoms with Gasteiger partial charge in [0.2, 0.25) is 0 Å². The van der Waals surface area contributed by atoms with Crippen molar-refractivity contribution in [2.45, 2.75) is 25.3 Å². The second kappa shape index (κ2) is 7.32. The van der Waals surface area contributed by atoms with Gasteiger partial charge in [0.15, 0.2) is 0 Å². The lowest BCUT2D eigenvalue weighted by atomic mass is 10.1. The first-order valence-electron chi connectivity index (χ1n) is 4.75. The van der Waals surface area contributed by atoms with Gasteiger partial charge < -0.3 is 27.2 Å². The molecule has 0 bridgehead atoms. The molecule has 0 aromatic heterocycles. The number of urea groups is 2. The van der Waals surface area contributed by atoms with E-state index in [0.29, 0.717) is 19.4 Å². The molecule has 0 saturated carbocycles. The lowest BCUT2D eigenvalue weighted by Gasteiger charge is -2.12. The van der Waals surface area contributed by atoms with Crippen LogP contribution < -0.4 is 22.1 Å². The predicted molar refractivity (Wildman–Crippen MR) is 55.6 cm³/mol. The number of hydrogen-bond donors (Lipinski definition) is 5. The number of carbonyl (C=O) groups excluding carboxylic acids is 2. The second-order valence-corrected chi connectivity index (χ2v) is 3.19. The van der Waals surface area contributed by atoms with Crippen molar-refractivity contribution in [3.63, 3.8) is 0 Å². The van der Waals surface area contributed by atoms with Crippen LogP contribution in [0, 0.1) is 0 Å². The van der Waals surface area contributed by atoms with E-state index in [1.54, 1.807) is 0 Å². The van der Waals surface area contributed by atoms with Gasteiger partial charge in [-0.2, -0.15) is 0 Å². The Kier molecular flexibility index (Phi) is 6.41. The predicted octanol–water partition coefficient (Wildman–Crippen LogP) is -1.05. The Morgan fingerprint density at radius 1 is 1.12 bits per heavy atom. The van der Waals surface area contributed by atoms with E-state index in [4.69, 9.17) is 16.6 Å². The van der Waals surface area contributed by atoms with Gasteiger partial charge in [-0.15, -0.1) is 0 Å². The summed E-state index contributed by atoms with van der Waals surface area (Å²) in [5.74, 6) is -1.14. The van der Waals surface area contributed by atoms with Crippen LogP contribution in [-0.2, 0) is 4.79 Å². The molecule has 0 aromatic rings. The third kappa shape index (κ3) is 7.42. The number of rotatable bonds is 7. The van der Waals surface area contributed by atoms with Gasteiger partial charge in [0.05, 0.1) is 0 Å². The van der Waals surface area contributed by atoms with Gasteiger partial charge in [0.25, 0.3) is 0 Å². The summed E-state index contributed by atoms with van der Waals surface area (Å²) in [6, 6.07) is -2.49.